The Morgan fingerprint density at radius 3 is 2.53 bits per heavy atom. The minimum absolute atomic E-state index is 0.00317. The molecule has 1 fully saturated rings. The molecule has 1 aliphatic rings. The van der Waals surface area contributed by atoms with E-state index in [1.54, 1.807) is 11.8 Å². The molecule has 2 aromatic rings. The van der Waals surface area contributed by atoms with Crippen molar-refractivity contribution in [1.82, 2.24) is 9.88 Å². The number of halogens is 2. The van der Waals surface area contributed by atoms with Gasteiger partial charge in [0, 0.05) is 24.2 Å². The Morgan fingerprint density at radius 2 is 2.00 bits per heavy atom. The van der Waals surface area contributed by atoms with Gasteiger partial charge in [0.2, 0.25) is 0 Å². The van der Waals surface area contributed by atoms with E-state index in [-0.39, 0.29) is 35.9 Å². The molecule has 2 N–H and O–H groups in total. The van der Waals surface area contributed by atoms with E-state index in [2.05, 4.69) is 4.98 Å². The normalized spacial score (nSPS) is 21.8. The molecule has 1 aliphatic carbocycles. The summed E-state index contributed by atoms with van der Waals surface area (Å²) in [5, 5.41) is 17.6. The molecule has 182 valence electrons. The third-order valence-corrected chi connectivity index (χ3v) is 6.92. The van der Waals surface area contributed by atoms with Crippen LogP contribution in [-0.4, -0.2) is 40.3 Å². The molecule has 1 aromatic carbocycles. The highest BCUT2D eigenvalue weighted by Crippen LogP contribution is 2.45. The maximum Gasteiger partial charge on any atom is 0.309 e. The monoisotopic (exact) mass is 470 g/mol. The Hall–Kier alpha value is -3.16. The summed E-state index contributed by atoms with van der Waals surface area (Å²) < 4.78 is 34.0. The largest absolute Gasteiger partial charge is 0.438 e. The molecule has 6 nitrogen and oxygen atoms in total. The highest BCUT2D eigenvalue weighted by atomic mass is 19.1. The number of carbonyl (C=O) groups is 1. The van der Waals surface area contributed by atoms with Gasteiger partial charge in [-0.1, -0.05) is 26.8 Å². The van der Waals surface area contributed by atoms with Crippen LogP contribution in [0.2, 0.25) is 0 Å². The molecule has 0 bridgehead atoms. The first-order valence-corrected chi connectivity index (χ1v) is 11.6. The number of benzene rings is 1. The average Bonchev–Trinajstić information content (AvgIpc) is 3.22. The summed E-state index contributed by atoms with van der Waals surface area (Å²) >= 11 is 0. The Balaban J connectivity index is 1.98. The molecule has 3 rings (SSSR count). The van der Waals surface area contributed by atoms with E-state index in [0.29, 0.717) is 30.0 Å². The van der Waals surface area contributed by atoms with Gasteiger partial charge in [-0.05, 0) is 62.3 Å². The van der Waals surface area contributed by atoms with E-state index >= 15 is 0 Å². The zero-order valence-electron chi connectivity index (χ0n) is 20.3. The van der Waals surface area contributed by atoms with Gasteiger partial charge < -0.3 is 20.1 Å². The summed E-state index contributed by atoms with van der Waals surface area (Å²) in [6.45, 7) is 10.3. The molecular weight excluding hydrogens is 438 g/mol. The second-order valence-electron chi connectivity index (χ2n) is 9.33. The van der Waals surface area contributed by atoms with E-state index < -0.39 is 22.6 Å². The summed E-state index contributed by atoms with van der Waals surface area (Å²) in [5.41, 5.74) is -0.513. The molecule has 0 spiro atoms. The second-order valence-corrected chi connectivity index (χ2v) is 9.33. The van der Waals surface area contributed by atoms with Gasteiger partial charge >= 0.3 is 5.91 Å². The number of oxazole rings is 1. The van der Waals surface area contributed by atoms with Gasteiger partial charge in [-0.15, -0.1) is 0 Å². The molecule has 0 saturated heterocycles. The molecular formula is C26H32F2N4O2. The minimum atomic E-state index is -0.809. The van der Waals surface area contributed by atoms with Crippen LogP contribution in [0.5, 0.6) is 0 Å². The Bertz CT molecular complexity index is 1120. The van der Waals surface area contributed by atoms with Gasteiger partial charge in [0.25, 0.3) is 5.89 Å². The highest BCUT2D eigenvalue weighted by Gasteiger charge is 2.46. The lowest BCUT2D eigenvalue weighted by Crippen LogP contribution is -2.51. The predicted octanol–water partition coefficient (Wildman–Crippen LogP) is 5.81. The average molecular weight is 471 g/mol. The summed E-state index contributed by atoms with van der Waals surface area (Å²) in [7, 11) is 0. The van der Waals surface area contributed by atoms with E-state index in [1.807, 2.05) is 27.7 Å². The van der Waals surface area contributed by atoms with Crippen molar-refractivity contribution in [2.75, 3.05) is 13.1 Å². The summed E-state index contributed by atoms with van der Waals surface area (Å²) in [6.07, 6.45) is 4.32. The van der Waals surface area contributed by atoms with Crippen molar-refractivity contribution < 1.29 is 18.0 Å². The van der Waals surface area contributed by atoms with Crippen LogP contribution in [0.25, 0.3) is 0 Å². The second kappa shape index (κ2) is 9.99. The standard InChI is InChI=1S/C26H32F2N4O2/c1-6-32(25(33)24-31-13-17(5)34-24)14-26(15(2)3)11-10-16(4)18(23(26)30)12-21(29)22-19(27)8-7-9-20(22)28/h7-9,12-13,15-16,29-30H,6,10-11,14H2,1-5H3/b18-12-,29-21?,30-23?/t16-,26+/m0/s1. The quantitative estimate of drug-likeness (QED) is 0.500. The molecule has 0 aliphatic heterocycles. The van der Waals surface area contributed by atoms with Gasteiger partial charge in [-0.2, -0.15) is 0 Å². The van der Waals surface area contributed by atoms with Crippen molar-refractivity contribution in [2.24, 2.45) is 17.3 Å². The smallest absolute Gasteiger partial charge is 0.309 e. The van der Waals surface area contributed by atoms with Crippen LogP contribution in [0.4, 0.5) is 8.78 Å². The fraction of sp³-hybridized carbons (Fsp3) is 0.462. The molecule has 34 heavy (non-hydrogen) atoms. The molecule has 0 unspecified atom stereocenters. The van der Waals surface area contributed by atoms with E-state index in [1.165, 1.54) is 18.3 Å². The van der Waals surface area contributed by atoms with Crippen LogP contribution < -0.4 is 0 Å². The molecule has 1 amide bonds. The number of nitrogens with one attached hydrogen (secondary N) is 2. The predicted molar refractivity (Wildman–Crippen MR) is 127 cm³/mol. The SMILES string of the molecule is CCN(C[C@@]1(C(C)C)CC[C@H](C)/C(=C/C(=N)c2c(F)cccc2F)C1=N)C(=O)c1ncc(C)o1. The van der Waals surface area contributed by atoms with Crippen molar-refractivity contribution in [1.29, 1.82) is 10.8 Å². The number of nitrogens with zero attached hydrogens (tertiary/aromatic N) is 2. The summed E-state index contributed by atoms with van der Waals surface area (Å²) in [6, 6.07) is 3.50. The molecule has 8 heteroatoms. The van der Waals surface area contributed by atoms with E-state index in [9.17, 15) is 13.6 Å². The first-order chi connectivity index (χ1) is 16.0. The molecule has 2 atom stereocenters. The number of hydrogen-bond donors (Lipinski definition) is 2. The van der Waals surface area contributed by atoms with Crippen molar-refractivity contribution >= 4 is 17.3 Å². The Kier molecular flexibility index (Phi) is 7.48. The third kappa shape index (κ3) is 4.72. The minimum Gasteiger partial charge on any atom is -0.438 e. The highest BCUT2D eigenvalue weighted by molar-refractivity contribution is 6.14. The number of aromatic nitrogens is 1. The maximum atomic E-state index is 14.3. The van der Waals surface area contributed by atoms with Crippen molar-refractivity contribution in [3.05, 3.63) is 64.9 Å². The molecule has 0 radical (unpaired) electrons. The zero-order chi connectivity index (χ0) is 25.2. The number of allylic oxidation sites excluding steroid dienone is 2. The van der Waals surface area contributed by atoms with Crippen LogP contribution in [0.1, 0.15) is 62.5 Å². The lowest BCUT2D eigenvalue weighted by Gasteiger charge is -2.47. The lowest BCUT2D eigenvalue weighted by molar-refractivity contribution is 0.0622. The number of aryl methyl sites for hydroxylation is 1. The fourth-order valence-electron chi connectivity index (χ4n) is 4.66. The number of amides is 1. The molecule has 1 aromatic heterocycles. The maximum absolute atomic E-state index is 14.3. The molecule has 1 heterocycles. The van der Waals surface area contributed by atoms with Gasteiger partial charge in [0.05, 0.1) is 17.5 Å². The van der Waals surface area contributed by atoms with E-state index in [4.69, 9.17) is 15.2 Å². The zero-order valence-corrected chi connectivity index (χ0v) is 20.3. The lowest BCUT2D eigenvalue weighted by atomic mass is 9.61. The van der Waals surface area contributed by atoms with E-state index in [0.717, 1.165) is 18.6 Å². The Morgan fingerprint density at radius 1 is 1.35 bits per heavy atom. The third-order valence-electron chi connectivity index (χ3n) is 6.92. The summed E-state index contributed by atoms with van der Waals surface area (Å²) in [4.78, 5) is 18.8. The first-order valence-electron chi connectivity index (χ1n) is 11.6. The number of hydrogen-bond acceptors (Lipinski definition) is 5. The number of rotatable bonds is 7. The van der Waals surface area contributed by atoms with Crippen LogP contribution in [0.3, 0.4) is 0 Å². The first kappa shape index (κ1) is 25.5. The summed E-state index contributed by atoms with van der Waals surface area (Å²) in [5.74, 6) is -1.46. The van der Waals surface area contributed by atoms with Crippen molar-refractivity contribution in [3.63, 3.8) is 0 Å². The van der Waals surface area contributed by atoms with Crippen molar-refractivity contribution in [2.45, 2.75) is 47.5 Å². The molecule has 1 saturated carbocycles. The van der Waals surface area contributed by atoms with Gasteiger partial charge in [0.15, 0.2) is 0 Å². The van der Waals surface area contributed by atoms with Gasteiger partial charge in [-0.25, -0.2) is 13.8 Å². The van der Waals surface area contributed by atoms with Crippen LogP contribution in [-0.2, 0) is 0 Å². The number of carbonyl (C=O) groups excluding carboxylic acids is 1. The van der Waals surface area contributed by atoms with Gasteiger partial charge in [-0.3, -0.25) is 4.79 Å². The Labute approximate surface area is 199 Å². The van der Waals surface area contributed by atoms with Crippen LogP contribution in [0, 0.1) is 46.6 Å². The topological polar surface area (TPSA) is 94.0 Å². The van der Waals surface area contributed by atoms with Gasteiger partial charge in [0.1, 0.15) is 17.4 Å². The fourth-order valence-corrected chi connectivity index (χ4v) is 4.66. The van der Waals surface area contributed by atoms with Crippen LogP contribution >= 0.6 is 0 Å². The van der Waals surface area contributed by atoms with Crippen LogP contribution in [0.15, 0.2) is 40.5 Å². The van der Waals surface area contributed by atoms with Crippen molar-refractivity contribution in [3.8, 4) is 0 Å².